The molecule has 1 heterocycles. The van der Waals surface area contributed by atoms with Crippen LogP contribution in [0.25, 0.3) is 10.6 Å². The Labute approximate surface area is 153 Å². The standard InChI is InChI=1S/C19H27N3O2S/c1-19(2,3)24-18(23)22-13-16-12-21-17(25-16)15-9-7-14(8-10-15)6-4-5-11-20/h7-10,12H,4-6,11,13,20H2,1-3H3,(H,22,23). The second-order valence-corrected chi connectivity index (χ2v) is 8.05. The summed E-state index contributed by atoms with van der Waals surface area (Å²) in [6.07, 6.45) is 4.62. The first kappa shape index (κ1) is 19.4. The highest BCUT2D eigenvalue weighted by Crippen LogP contribution is 2.25. The van der Waals surface area contributed by atoms with E-state index in [9.17, 15) is 4.79 Å². The lowest BCUT2D eigenvalue weighted by Crippen LogP contribution is -2.31. The van der Waals surface area contributed by atoms with Gasteiger partial charge in [-0.15, -0.1) is 11.3 Å². The van der Waals surface area contributed by atoms with E-state index in [1.165, 1.54) is 5.56 Å². The summed E-state index contributed by atoms with van der Waals surface area (Å²) in [6.45, 7) is 6.70. The van der Waals surface area contributed by atoms with Gasteiger partial charge in [-0.3, -0.25) is 0 Å². The summed E-state index contributed by atoms with van der Waals surface area (Å²) >= 11 is 1.58. The molecule has 0 saturated heterocycles. The van der Waals surface area contributed by atoms with Crippen LogP contribution in [0.15, 0.2) is 30.5 Å². The first-order chi connectivity index (χ1) is 11.9. The Morgan fingerprint density at radius 2 is 1.96 bits per heavy atom. The maximum atomic E-state index is 11.7. The molecule has 0 fully saturated rings. The number of nitrogens with one attached hydrogen (secondary N) is 1. The van der Waals surface area contributed by atoms with Crippen LogP contribution in [0.2, 0.25) is 0 Å². The van der Waals surface area contributed by atoms with Crippen molar-refractivity contribution in [2.24, 2.45) is 5.73 Å². The van der Waals surface area contributed by atoms with Gasteiger partial charge in [0.05, 0.1) is 6.54 Å². The van der Waals surface area contributed by atoms with Gasteiger partial charge in [0.15, 0.2) is 0 Å². The quantitative estimate of drug-likeness (QED) is 0.727. The molecule has 136 valence electrons. The number of carbonyl (C=O) groups is 1. The van der Waals surface area contributed by atoms with Gasteiger partial charge in [0.25, 0.3) is 0 Å². The van der Waals surface area contributed by atoms with Crippen molar-refractivity contribution >= 4 is 17.4 Å². The van der Waals surface area contributed by atoms with Crippen LogP contribution in [0.3, 0.4) is 0 Å². The van der Waals surface area contributed by atoms with E-state index in [0.717, 1.165) is 41.3 Å². The van der Waals surface area contributed by atoms with Gasteiger partial charge in [-0.25, -0.2) is 9.78 Å². The molecule has 1 aromatic carbocycles. The molecular formula is C19H27N3O2S. The van der Waals surface area contributed by atoms with E-state index in [0.29, 0.717) is 6.54 Å². The van der Waals surface area contributed by atoms with Crippen molar-refractivity contribution in [3.05, 3.63) is 40.9 Å². The van der Waals surface area contributed by atoms with Gasteiger partial charge in [-0.1, -0.05) is 24.3 Å². The van der Waals surface area contributed by atoms with Gasteiger partial charge in [0.2, 0.25) is 0 Å². The van der Waals surface area contributed by atoms with Gasteiger partial charge < -0.3 is 15.8 Å². The molecule has 0 spiro atoms. The topological polar surface area (TPSA) is 77.2 Å². The maximum absolute atomic E-state index is 11.7. The van der Waals surface area contributed by atoms with E-state index in [1.54, 1.807) is 17.5 Å². The van der Waals surface area contributed by atoms with Crippen molar-refractivity contribution in [1.82, 2.24) is 10.3 Å². The number of carbonyl (C=O) groups excluding carboxylic acids is 1. The molecule has 0 aliphatic rings. The summed E-state index contributed by atoms with van der Waals surface area (Å²) < 4.78 is 5.23. The largest absolute Gasteiger partial charge is 0.444 e. The van der Waals surface area contributed by atoms with Crippen LogP contribution in [-0.2, 0) is 17.7 Å². The summed E-state index contributed by atoms with van der Waals surface area (Å²) in [6, 6.07) is 8.49. The van der Waals surface area contributed by atoms with Crippen molar-refractivity contribution in [1.29, 1.82) is 0 Å². The number of hydrogen-bond acceptors (Lipinski definition) is 5. The third-order valence-electron chi connectivity index (χ3n) is 3.48. The summed E-state index contributed by atoms with van der Waals surface area (Å²) in [5, 5.41) is 3.71. The van der Waals surface area contributed by atoms with E-state index in [4.69, 9.17) is 10.5 Å². The monoisotopic (exact) mass is 361 g/mol. The summed E-state index contributed by atoms with van der Waals surface area (Å²) in [5.41, 5.74) is 7.45. The van der Waals surface area contributed by atoms with Gasteiger partial charge in [-0.05, 0) is 52.1 Å². The lowest BCUT2D eigenvalue weighted by molar-refractivity contribution is 0.0524. The molecule has 2 rings (SSSR count). The second kappa shape index (κ2) is 8.97. The number of rotatable bonds is 7. The molecule has 0 atom stereocenters. The molecule has 25 heavy (non-hydrogen) atoms. The number of aromatic nitrogens is 1. The zero-order valence-corrected chi connectivity index (χ0v) is 16.0. The van der Waals surface area contributed by atoms with Crippen LogP contribution < -0.4 is 11.1 Å². The second-order valence-electron chi connectivity index (χ2n) is 6.93. The third-order valence-corrected chi connectivity index (χ3v) is 4.53. The molecule has 0 saturated carbocycles. The molecule has 5 nitrogen and oxygen atoms in total. The average Bonchev–Trinajstić information content (AvgIpc) is 3.01. The summed E-state index contributed by atoms with van der Waals surface area (Å²) in [5.74, 6) is 0. The Bertz CT molecular complexity index is 675. The Kier molecular flexibility index (Phi) is 6.96. The minimum atomic E-state index is -0.491. The number of nitrogens with two attached hydrogens (primary N) is 1. The third kappa shape index (κ3) is 6.84. The molecule has 6 heteroatoms. The highest BCUT2D eigenvalue weighted by Gasteiger charge is 2.16. The van der Waals surface area contributed by atoms with Crippen LogP contribution in [0, 0.1) is 0 Å². The predicted molar refractivity (Wildman–Crippen MR) is 103 cm³/mol. The molecule has 3 N–H and O–H groups in total. The zero-order chi connectivity index (χ0) is 18.3. The number of amides is 1. The number of hydrogen-bond donors (Lipinski definition) is 2. The Balaban J connectivity index is 1.89. The molecule has 1 aromatic heterocycles. The summed E-state index contributed by atoms with van der Waals surface area (Å²) in [7, 11) is 0. The number of aryl methyl sites for hydroxylation is 1. The molecule has 0 bridgehead atoms. The van der Waals surface area contributed by atoms with Gasteiger partial charge >= 0.3 is 6.09 Å². The average molecular weight is 362 g/mol. The lowest BCUT2D eigenvalue weighted by atomic mass is 10.1. The maximum Gasteiger partial charge on any atom is 0.407 e. The highest BCUT2D eigenvalue weighted by molar-refractivity contribution is 7.15. The fraction of sp³-hybridized carbons (Fsp3) is 0.474. The van der Waals surface area contributed by atoms with E-state index in [2.05, 4.69) is 34.6 Å². The van der Waals surface area contributed by atoms with Crippen LogP contribution in [0.4, 0.5) is 4.79 Å². The molecule has 0 unspecified atom stereocenters. The Morgan fingerprint density at radius 1 is 1.24 bits per heavy atom. The van der Waals surface area contributed by atoms with Crippen molar-refractivity contribution in [3.63, 3.8) is 0 Å². The number of alkyl carbamates (subject to hydrolysis) is 1. The Hall–Kier alpha value is -1.92. The predicted octanol–water partition coefficient (Wildman–Crippen LogP) is 4.12. The van der Waals surface area contributed by atoms with Crippen LogP contribution >= 0.6 is 11.3 Å². The number of nitrogens with zero attached hydrogens (tertiary/aromatic N) is 1. The van der Waals surface area contributed by atoms with Crippen LogP contribution in [-0.4, -0.2) is 23.2 Å². The van der Waals surface area contributed by atoms with E-state index in [1.807, 2.05) is 20.8 Å². The van der Waals surface area contributed by atoms with Gasteiger partial charge in [-0.2, -0.15) is 0 Å². The normalized spacial score (nSPS) is 11.4. The van der Waals surface area contributed by atoms with Crippen LogP contribution in [0.5, 0.6) is 0 Å². The van der Waals surface area contributed by atoms with Crippen molar-refractivity contribution < 1.29 is 9.53 Å². The molecular weight excluding hydrogens is 334 g/mol. The number of unbranched alkanes of at least 4 members (excludes halogenated alkanes) is 1. The first-order valence-electron chi connectivity index (χ1n) is 8.58. The number of thiazole rings is 1. The minimum absolute atomic E-state index is 0.413. The Morgan fingerprint density at radius 3 is 2.60 bits per heavy atom. The van der Waals surface area contributed by atoms with E-state index in [-0.39, 0.29) is 0 Å². The van der Waals surface area contributed by atoms with E-state index < -0.39 is 11.7 Å². The smallest absolute Gasteiger partial charge is 0.407 e. The van der Waals surface area contributed by atoms with Crippen LogP contribution in [0.1, 0.15) is 44.1 Å². The summed E-state index contributed by atoms with van der Waals surface area (Å²) in [4.78, 5) is 17.1. The molecule has 2 aromatic rings. The zero-order valence-electron chi connectivity index (χ0n) is 15.2. The van der Waals surface area contributed by atoms with Crippen molar-refractivity contribution in [2.75, 3.05) is 6.54 Å². The fourth-order valence-electron chi connectivity index (χ4n) is 2.28. The fourth-order valence-corrected chi connectivity index (χ4v) is 3.14. The molecule has 0 aliphatic heterocycles. The minimum Gasteiger partial charge on any atom is -0.444 e. The highest BCUT2D eigenvalue weighted by atomic mass is 32.1. The van der Waals surface area contributed by atoms with E-state index >= 15 is 0 Å². The lowest BCUT2D eigenvalue weighted by Gasteiger charge is -2.19. The van der Waals surface area contributed by atoms with Gasteiger partial charge in [0.1, 0.15) is 10.6 Å². The SMILES string of the molecule is CC(C)(C)OC(=O)NCc1cnc(-c2ccc(CCCCN)cc2)s1. The molecule has 1 amide bonds. The molecule has 0 radical (unpaired) electrons. The van der Waals surface area contributed by atoms with Crippen molar-refractivity contribution in [3.8, 4) is 10.6 Å². The van der Waals surface area contributed by atoms with Crippen molar-refractivity contribution in [2.45, 2.75) is 52.2 Å². The number of ether oxygens (including phenoxy) is 1. The van der Waals surface area contributed by atoms with Gasteiger partial charge in [0, 0.05) is 16.6 Å². The molecule has 0 aliphatic carbocycles. The first-order valence-corrected chi connectivity index (χ1v) is 9.40. The number of benzene rings is 1.